The van der Waals surface area contributed by atoms with Crippen LogP contribution in [0, 0.1) is 0 Å². The molecule has 420 valence electrons. The third kappa shape index (κ3) is 98.6. The van der Waals surface area contributed by atoms with Gasteiger partial charge in [0.25, 0.3) is 0 Å². The first-order valence-electron chi connectivity index (χ1n) is 26.7. The Morgan fingerprint density at radius 3 is 0.414 bits per heavy atom. The molecule has 0 heterocycles. The molecule has 0 aliphatic heterocycles. The fourth-order valence-corrected chi connectivity index (χ4v) is 8.33. The summed E-state index contributed by atoms with van der Waals surface area (Å²) in [6, 6.07) is 0. The molecule has 0 aromatic heterocycles. The molecular formula is C48H106Na2O16S4. The van der Waals surface area contributed by atoms with Gasteiger partial charge in [0.15, 0.2) is 0 Å². The van der Waals surface area contributed by atoms with Gasteiger partial charge in [0.2, 0.25) is 0 Å². The second-order valence-electron chi connectivity index (χ2n) is 17.7. The Morgan fingerprint density at radius 1 is 0.214 bits per heavy atom. The van der Waals surface area contributed by atoms with E-state index >= 15 is 0 Å². The first kappa shape index (κ1) is 82.8. The van der Waals surface area contributed by atoms with Gasteiger partial charge in [-0.3, -0.25) is 18.2 Å². The maximum atomic E-state index is 10.2. The van der Waals surface area contributed by atoms with Crippen molar-refractivity contribution in [3.8, 4) is 0 Å². The predicted octanol–water partition coefficient (Wildman–Crippen LogP) is 13.6. The van der Waals surface area contributed by atoms with Gasteiger partial charge in [-0.25, -0.2) is 16.7 Å². The molecule has 0 aliphatic carbocycles. The summed E-state index contributed by atoms with van der Waals surface area (Å²) in [4.78, 5) is 0. The Morgan fingerprint density at radius 2 is 0.314 bits per heavy atom. The van der Waals surface area contributed by atoms with Crippen LogP contribution in [0.2, 0.25) is 0 Å². The second kappa shape index (κ2) is 63.0. The standard InChI is InChI=1S/4C12H26O4S.2Na.2H/c4*1-2-3-4-5-6-7-8-9-10-11-12-16-17(13,14)15;;;;/h4*2-12H2,1H3,(H,13,14,15);;;;. The van der Waals surface area contributed by atoms with Gasteiger partial charge in [-0.05, 0) is 25.7 Å². The van der Waals surface area contributed by atoms with Crippen molar-refractivity contribution in [2.45, 2.75) is 285 Å². The molecule has 70 heavy (non-hydrogen) atoms. The molecule has 22 heteroatoms. The fourth-order valence-electron chi connectivity index (χ4n) is 7.01. The second-order valence-corrected chi connectivity index (χ2v) is 22.1. The van der Waals surface area contributed by atoms with Crippen molar-refractivity contribution in [1.29, 1.82) is 0 Å². The molecule has 0 aromatic carbocycles. The van der Waals surface area contributed by atoms with Crippen LogP contribution in [0.3, 0.4) is 0 Å². The van der Waals surface area contributed by atoms with Crippen LogP contribution >= 0.6 is 0 Å². The molecule has 0 saturated heterocycles. The molecule has 0 unspecified atom stereocenters. The minimum atomic E-state index is -4.23. The summed E-state index contributed by atoms with van der Waals surface area (Å²) in [5.41, 5.74) is 0. The van der Waals surface area contributed by atoms with Crippen LogP contribution < -0.4 is 0 Å². The van der Waals surface area contributed by atoms with Crippen molar-refractivity contribution in [2.75, 3.05) is 26.4 Å². The van der Waals surface area contributed by atoms with E-state index in [1.807, 2.05) is 0 Å². The van der Waals surface area contributed by atoms with Crippen molar-refractivity contribution < 1.29 is 68.6 Å². The van der Waals surface area contributed by atoms with Gasteiger partial charge >= 0.3 is 101 Å². The van der Waals surface area contributed by atoms with E-state index < -0.39 is 41.6 Å². The molecular weight excluding hydrogens is 1010 g/mol. The third-order valence-electron chi connectivity index (χ3n) is 10.9. The van der Waals surface area contributed by atoms with Gasteiger partial charge in [-0.15, -0.1) is 0 Å². The zero-order valence-electron chi connectivity index (χ0n) is 43.4. The monoisotopic (exact) mass is 1110 g/mol. The van der Waals surface area contributed by atoms with Crippen LogP contribution in [0.5, 0.6) is 0 Å². The van der Waals surface area contributed by atoms with Crippen molar-refractivity contribution in [2.24, 2.45) is 0 Å². The van der Waals surface area contributed by atoms with Gasteiger partial charge in [0.05, 0.1) is 26.4 Å². The summed E-state index contributed by atoms with van der Waals surface area (Å²) in [5.74, 6) is 0. The van der Waals surface area contributed by atoms with Gasteiger partial charge < -0.3 is 0 Å². The van der Waals surface area contributed by atoms with Crippen LogP contribution in [-0.4, -0.2) is 137 Å². The molecule has 0 saturated carbocycles. The Labute approximate surface area is 476 Å². The normalized spacial score (nSPS) is 11.5. The molecule has 4 N–H and O–H groups in total. The Kier molecular flexibility index (Phi) is 74.6. The Bertz CT molecular complexity index is 1230. The van der Waals surface area contributed by atoms with Crippen molar-refractivity contribution in [1.82, 2.24) is 0 Å². The molecule has 0 aliphatic rings. The molecule has 0 radical (unpaired) electrons. The fraction of sp³-hybridized carbons (Fsp3) is 1.00. The topological polar surface area (TPSA) is 254 Å². The summed E-state index contributed by atoms with van der Waals surface area (Å²) in [5, 5.41) is 0. The number of rotatable bonds is 48. The summed E-state index contributed by atoms with van der Waals surface area (Å²) in [6.45, 7) is 9.24. The zero-order valence-corrected chi connectivity index (χ0v) is 46.7. The summed E-state index contributed by atoms with van der Waals surface area (Å²) < 4.78 is 132. The summed E-state index contributed by atoms with van der Waals surface area (Å²) in [6.07, 6.45) is 47.4. The quantitative estimate of drug-likeness (QED) is 0.0251. The van der Waals surface area contributed by atoms with Crippen LogP contribution in [0.25, 0.3) is 0 Å². The minimum absolute atomic E-state index is 0. The molecule has 0 spiro atoms. The zero-order chi connectivity index (χ0) is 51.9. The van der Waals surface area contributed by atoms with E-state index in [1.54, 1.807) is 0 Å². The number of hydrogen-bond acceptors (Lipinski definition) is 12. The average molecular weight is 1110 g/mol. The third-order valence-corrected chi connectivity index (χ3v) is 12.8. The van der Waals surface area contributed by atoms with Crippen LogP contribution in [0.1, 0.15) is 285 Å². The van der Waals surface area contributed by atoms with Gasteiger partial charge in [0.1, 0.15) is 0 Å². The van der Waals surface area contributed by atoms with Gasteiger partial charge in [-0.1, -0.05) is 259 Å². The van der Waals surface area contributed by atoms with Gasteiger partial charge in [0, 0.05) is 0 Å². The summed E-state index contributed by atoms with van der Waals surface area (Å²) in [7, 11) is -16.9. The van der Waals surface area contributed by atoms with E-state index in [0.717, 1.165) is 51.4 Å². The summed E-state index contributed by atoms with van der Waals surface area (Å²) >= 11 is 0. The van der Waals surface area contributed by atoms with Crippen molar-refractivity contribution in [3.05, 3.63) is 0 Å². The SMILES string of the molecule is CCCCCCCCCCCCOS(=O)(=O)O.CCCCCCCCCCCCOS(=O)(=O)O.CCCCCCCCCCCCOS(=O)(=O)O.CCCCCCCCCCCCOS(=O)(=O)O.[NaH].[NaH]. The van der Waals surface area contributed by atoms with E-state index in [-0.39, 0.29) is 85.5 Å². The first-order valence-corrected chi connectivity index (χ1v) is 32.2. The molecule has 16 nitrogen and oxygen atoms in total. The number of unbranched alkanes of at least 4 members (excludes halogenated alkanes) is 36. The Hall–Kier alpha value is 1.48. The van der Waals surface area contributed by atoms with Crippen LogP contribution in [0.4, 0.5) is 0 Å². The van der Waals surface area contributed by atoms with E-state index in [4.69, 9.17) is 18.2 Å². The molecule has 0 fully saturated rings. The van der Waals surface area contributed by atoms with E-state index in [1.165, 1.54) is 180 Å². The Balaban J connectivity index is -0.000000193. The molecule has 0 aromatic rings. The van der Waals surface area contributed by atoms with E-state index in [9.17, 15) is 33.7 Å². The molecule has 0 bridgehead atoms. The molecule has 0 atom stereocenters. The van der Waals surface area contributed by atoms with Gasteiger partial charge in [-0.2, -0.15) is 33.7 Å². The predicted molar refractivity (Wildman–Crippen MR) is 292 cm³/mol. The maximum absolute atomic E-state index is 10.2. The molecule has 0 rings (SSSR count). The van der Waals surface area contributed by atoms with Crippen LogP contribution in [0.15, 0.2) is 0 Å². The van der Waals surface area contributed by atoms with Crippen molar-refractivity contribution >= 4 is 101 Å². The van der Waals surface area contributed by atoms with Crippen LogP contribution in [-0.2, 0) is 58.3 Å². The van der Waals surface area contributed by atoms with E-state index in [2.05, 4.69) is 44.4 Å². The average Bonchev–Trinajstić information content (AvgIpc) is 3.25. The molecule has 0 amide bonds. The number of hydrogen-bond donors (Lipinski definition) is 4. The van der Waals surface area contributed by atoms with Crippen molar-refractivity contribution in [3.63, 3.8) is 0 Å². The van der Waals surface area contributed by atoms with E-state index in [0.29, 0.717) is 25.7 Å². The first-order chi connectivity index (χ1) is 32.2.